The van der Waals surface area contributed by atoms with Crippen LogP contribution in [0.25, 0.3) is 0 Å². The number of rotatable bonds is 4. The Hall–Kier alpha value is -2.96. The summed E-state index contributed by atoms with van der Waals surface area (Å²) < 4.78 is 32.5. The molecule has 1 heterocycles. The van der Waals surface area contributed by atoms with Crippen LogP contribution in [0, 0.1) is 18.6 Å². The van der Waals surface area contributed by atoms with Crippen LogP contribution < -0.4 is 4.74 Å². The highest BCUT2D eigenvalue weighted by atomic mass is 19.1. The minimum Gasteiger partial charge on any atom is -0.484 e. The van der Waals surface area contributed by atoms with Gasteiger partial charge in [-0.1, -0.05) is 17.7 Å². The van der Waals surface area contributed by atoms with Gasteiger partial charge in [-0.15, -0.1) is 0 Å². The molecule has 5 nitrogen and oxygen atoms in total. The minimum atomic E-state index is -0.758. The van der Waals surface area contributed by atoms with Gasteiger partial charge in [0.15, 0.2) is 6.61 Å². The molecule has 0 N–H and O–H groups in total. The molecule has 142 valence electrons. The normalized spacial score (nSPS) is 14.2. The first-order chi connectivity index (χ1) is 12.9. The molecule has 1 aliphatic heterocycles. The maximum absolute atomic E-state index is 13.8. The molecule has 0 atom stereocenters. The molecule has 2 aromatic carbocycles. The summed E-state index contributed by atoms with van der Waals surface area (Å²) in [5.41, 5.74) is 0.807. The third kappa shape index (κ3) is 4.61. The number of benzene rings is 2. The number of carbonyl (C=O) groups excluding carboxylic acids is 2. The second-order valence-electron chi connectivity index (χ2n) is 6.40. The van der Waals surface area contributed by atoms with Crippen molar-refractivity contribution in [3.05, 3.63) is 65.2 Å². The molecule has 0 radical (unpaired) electrons. The number of hydrogen-bond donors (Lipinski definition) is 0. The Labute approximate surface area is 156 Å². The van der Waals surface area contributed by atoms with Gasteiger partial charge >= 0.3 is 0 Å². The van der Waals surface area contributed by atoms with Gasteiger partial charge < -0.3 is 14.5 Å². The van der Waals surface area contributed by atoms with Crippen LogP contribution >= 0.6 is 0 Å². The quantitative estimate of drug-likeness (QED) is 0.827. The Bertz CT molecular complexity index is 832. The molecule has 0 saturated carbocycles. The van der Waals surface area contributed by atoms with E-state index in [1.54, 1.807) is 17.0 Å². The number of amides is 2. The smallest absolute Gasteiger partial charge is 0.260 e. The Kier molecular flexibility index (Phi) is 5.69. The first kappa shape index (κ1) is 18.8. The number of aryl methyl sites for hydroxylation is 1. The van der Waals surface area contributed by atoms with Gasteiger partial charge in [-0.25, -0.2) is 8.78 Å². The van der Waals surface area contributed by atoms with E-state index in [2.05, 4.69) is 0 Å². The van der Waals surface area contributed by atoms with Crippen LogP contribution in [0.15, 0.2) is 42.5 Å². The van der Waals surface area contributed by atoms with Crippen molar-refractivity contribution >= 4 is 11.8 Å². The number of ether oxygens (including phenoxy) is 1. The van der Waals surface area contributed by atoms with Crippen molar-refractivity contribution in [2.24, 2.45) is 0 Å². The Morgan fingerprint density at radius 3 is 2.26 bits per heavy atom. The van der Waals surface area contributed by atoms with Crippen molar-refractivity contribution in [2.75, 3.05) is 32.8 Å². The summed E-state index contributed by atoms with van der Waals surface area (Å²) in [5, 5.41) is 0. The number of hydrogen-bond acceptors (Lipinski definition) is 3. The Morgan fingerprint density at radius 1 is 0.963 bits per heavy atom. The second kappa shape index (κ2) is 8.16. The molecule has 1 saturated heterocycles. The highest BCUT2D eigenvalue weighted by Crippen LogP contribution is 2.15. The van der Waals surface area contributed by atoms with E-state index in [9.17, 15) is 18.4 Å². The summed E-state index contributed by atoms with van der Waals surface area (Å²) >= 11 is 0. The Morgan fingerprint density at radius 2 is 1.59 bits per heavy atom. The van der Waals surface area contributed by atoms with Crippen molar-refractivity contribution in [1.82, 2.24) is 9.80 Å². The van der Waals surface area contributed by atoms with E-state index in [0.29, 0.717) is 18.8 Å². The van der Waals surface area contributed by atoms with E-state index in [0.717, 1.165) is 23.8 Å². The van der Waals surface area contributed by atoms with Crippen molar-refractivity contribution in [3.63, 3.8) is 0 Å². The number of nitrogens with zero attached hydrogens (tertiary/aromatic N) is 2. The standard InChI is InChI=1S/C20H20F2N2O3/c1-14-2-5-16(6-3-14)27-13-19(25)23-8-10-24(11-9-23)20(26)17-12-15(21)4-7-18(17)22/h2-7,12H,8-11,13H2,1H3. The van der Waals surface area contributed by atoms with Gasteiger partial charge in [-0.3, -0.25) is 9.59 Å². The van der Waals surface area contributed by atoms with E-state index in [1.165, 1.54) is 4.90 Å². The lowest BCUT2D eigenvalue weighted by Gasteiger charge is -2.34. The highest BCUT2D eigenvalue weighted by Gasteiger charge is 2.26. The summed E-state index contributed by atoms with van der Waals surface area (Å²) in [4.78, 5) is 27.7. The molecule has 2 amide bonds. The summed E-state index contributed by atoms with van der Waals surface area (Å²) in [6.07, 6.45) is 0. The van der Waals surface area contributed by atoms with E-state index in [1.807, 2.05) is 19.1 Å². The van der Waals surface area contributed by atoms with Crippen molar-refractivity contribution in [1.29, 1.82) is 0 Å². The third-order valence-electron chi connectivity index (χ3n) is 4.46. The zero-order valence-corrected chi connectivity index (χ0v) is 15.0. The largest absolute Gasteiger partial charge is 0.484 e. The molecule has 0 spiro atoms. The van der Waals surface area contributed by atoms with E-state index in [-0.39, 0.29) is 31.2 Å². The van der Waals surface area contributed by atoms with Gasteiger partial charge in [-0.2, -0.15) is 0 Å². The molecular weight excluding hydrogens is 354 g/mol. The summed E-state index contributed by atoms with van der Waals surface area (Å²) in [6.45, 7) is 3.02. The molecule has 1 fully saturated rings. The van der Waals surface area contributed by atoms with Crippen molar-refractivity contribution < 1.29 is 23.1 Å². The number of halogens is 2. The van der Waals surface area contributed by atoms with Crippen LogP contribution in [0.4, 0.5) is 8.78 Å². The molecule has 1 aliphatic rings. The molecule has 0 unspecified atom stereocenters. The monoisotopic (exact) mass is 374 g/mol. The molecule has 2 aromatic rings. The van der Waals surface area contributed by atoms with Crippen molar-refractivity contribution in [3.8, 4) is 5.75 Å². The molecule has 0 bridgehead atoms. The summed E-state index contributed by atoms with van der Waals surface area (Å²) in [6, 6.07) is 10.2. The third-order valence-corrected chi connectivity index (χ3v) is 4.46. The van der Waals surface area contributed by atoms with Crippen LogP contribution in [0.2, 0.25) is 0 Å². The van der Waals surface area contributed by atoms with Gasteiger partial charge in [0.05, 0.1) is 5.56 Å². The zero-order valence-electron chi connectivity index (χ0n) is 15.0. The topological polar surface area (TPSA) is 49.9 Å². The maximum Gasteiger partial charge on any atom is 0.260 e. The molecule has 7 heteroatoms. The van der Waals surface area contributed by atoms with Crippen LogP contribution in [0.5, 0.6) is 5.75 Å². The fourth-order valence-electron chi connectivity index (χ4n) is 2.86. The summed E-state index contributed by atoms with van der Waals surface area (Å²) in [7, 11) is 0. The average Bonchev–Trinajstić information content (AvgIpc) is 2.69. The van der Waals surface area contributed by atoms with Crippen LogP contribution in [0.1, 0.15) is 15.9 Å². The first-order valence-electron chi connectivity index (χ1n) is 8.65. The lowest BCUT2D eigenvalue weighted by atomic mass is 10.1. The second-order valence-corrected chi connectivity index (χ2v) is 6.40. The predicted molar refractivity (Wildman–Crippen MR) is 95.5 cm³/mol. The molecule has 0 aliphatic carbocycles. The van der Waals surface area contributed by atoms with Gasteiger partial charge in [0, 0.05) is 26.2 Å². The Balaban J connectivity index is 1.52. The predicted octanol–water partition coefficient (Wildman–Crippen LogP) is 2.64. The zero-order chi connectivity index (χ0) is 19.4. The highest BCUT2D eigenvalue weighted by molar-refractivity contribution is 5.94. The molecule has 27 heavy (non-hydrogen) atoms. The maximum atomic E-state index is 13.8. The van der Waals surface area contributed by atoms with Crippen molar-refractivity contribution in [2.45, 2.75) is 6.92 Å². The molecule has 0 aromatic heterocycles. The molecular formula is C20H20F2N2O3. The average molecular weight is 374 g/mol. The van der Waals surface area contributed by atoms with E-state index >= 15 is 0 Å². The first-order valence-corrected chi connectivity index (χ1v) is 8.65. The molecule has 3 rings (SSSR count). The fourth-order valence-corrected chi connectivity index (χ4v) is 2.86. The van der Waals surface area contributed by atoms with Gasteiger partial charge in [-0.05, 0) is 37.3 Å². The fraction of sp³-hybridized carbons (Fsp3) is 0.300. The van der Waals surface area contributed by atoms with E-state index in [4.69, 9.17) is 4.74 Å². The number of piperazine rings is 1. The lowest BCUT2D eigenvalue weighted by Crippen LogP contribution is -2.51. The number of carbonyl (C=O) groups is 2. The SMILES string of the molecule is Cc1ccc(OCC(=O)N2CCN(C(=O)c3cc(F)ccc3F)CC2)cc1. The van der Waals surface area contributed by atoms with Crippen LogP contribution in [-0.2, 0) is 4.79 Å². The lowest BCUT2D eigenvalue weighted by molar-refractivity contribution is -0.134. The van der Waals surface area contributed by atoms with Crippen LogP contribution in [-0.4, -0.2) is 54.4 Å². The van der Waals surface area contributed by atoms with Crippen LogP contribution in [0.3, 0.4) is 0 Å². The summed E-state index contributed by atoms with van der Waals surface area (Å²) in [5.74, 6) is -1.56. The van der Waals surface area contributed by atoms with E-state index < -0.39 is 17.5 Å². The van der Waals surface area contributed by atoms with Gasteiger partial charge in [0.2, 0.25) is 0 Å². The van der Waals surface area contributed by atoms with Gasteiger partial charge in [0.25, 0.3) is 11.8 Å². The minimum absolute atomic E-state index is 0.0878. The van der Waals surface area contributed by atoms with Gasteiger partial charge in [0.1, 0.15) is 17.4 Å².